The van der Waals surface area contributed by atoms with Crippen LogP contribution in [0.2, 0.25) is 0 Å². The van der Waals surface area contributed by atoms with Crippen molar-refractivity contribution in [2.75, 3.05) is 31.8 Å². The second-order valence-corrected chi connectivity index (χ2v) is 6.40. The van der Waals surface area contributed by atoms with E-state index in [4.69, 9.17) is 9.47 Å². The molecule has 126 valence electrons. The Hall–Kier alpha value is -1.80. The van der Waals surface area contributed by atoms with Gasteiger partial charge in [0.15, 0.2) is 0 Å². The second kappa shape index (κ2) is 8.16. The monoisotopic (exact) mass is 340 g/mol. The van der Waals surface area contributed by atoms with Crippen LogP contribution in [-0.4, -0.2) is 59.3 Å². The van der Waals surface area contributed by atoms with Crippen LogP contribution in [0.1, 0.15) is 23.2 Å². The summed E-state index contributed by atoms with van der Waals surface area (Å²) in [6.07, 6.45) is 2.29. The van der Waals surface area contributed by atoms with Gasteiger partial charge in [0.2, 0.25) is 5.88 Å². The van der Waals surface area contributed by atoms with E-state index in [9.17, 15) is 14.7 Å². The molecule has 2 heterocycles. The number of carbonyl (C=O) groups excluding carboxylic acids is 1. The molecule has 0 aromatic carbocycles. The summed E-state index contributed by atoms with van der Waals surface area (Å²) in [6.45, 7) is 0.739. The Labute approximate surface area is 138 Å². The molecular weight excluding hydrogens is 320 g/mol. The molecular formula is C15H20N2O5S. The Kier molecular flexibility index (Phi) is 6.23. The van der Waals surface area contributed by atoms with Crippen LogP contribution in [-0.2, 0) is 9.53 Å². The van der Waals surface area contributed by atoms with Gasteiger partial charge in [-0.3, -0.25) is 4.79 Å². The number of methoxy groups -OCH3 is 1. The Morgan fingerprint density at radius 3 is 2.78 bits per heavy atom. The van der Waals surface area contributed by atoms with Crippen LogP contribution in [0.3, 0.4) is 0 Å². The fourth-order valence-corrected chi connectivity index (χ4v) is 3.45. The zero-order valence-corrected chi connectivity index (χ0v) is 13.7. The molecule has 0 radical (unpaired) electrons. The molecule has 1 fully saturated rings. The van der Waals surface area contributed by atoms with Gasteiger partial charge in [-0.05, 0) is 30.4 Å². The topological polar surface area (TPSA) is 97.8 Å². The minimum atomic E-state index is -1.19. The first-order valence-corrected chi connectivity index (χ1v) is 8.44. The maximum Gasteiger partial charge on any atom is 0.329 e. The summed E-state index contributed by atoms with van der Waals surface area (Å²) in [6, 6.07) is 3.03. The van der Waals surface area contributed by atoms with Crippen molar-refractivity contribution in [1.29, 1.82) is 0 Å². The van der Waals surface area contributed by atoms with Gasteiger partial charge in [0.1, 0.15) is 12.1 Å². The van der Waals surface area contributed by atoms with Gasteiger partial charge < -0.3 is 19.9 Å². The maximum atomic E-state index is 12.4. The van der Waals surface area contributed by atoms with Gasteiger partial charge >= 0.3 is 5.97 Å². The van der Waals surface area contributed by atoms with E-state index >= 15 is 0 Å². The van der Waals surface area contributed by atoms with Crippen molar-refractivity contribution in [3.63, 3.8) is 0 Å². The number of rotatable bonds is 7. The number of carbonyl (C=O) groups is 2. The van der Waals surface area contributed by atoms with Crippen molar-refractivity contribution in [2.45, 2.75) is 18.4 Å². The van der Waals surface area contributed by atoms with Crippen molar-refractivity contribution in [1.82, 2.24) is 10.3 Å². The minimum absolute atomic E-state index is 0.304. The largest absolute Gasteiger partial charge is 0.480 e. The molecule has 1 aliphatic rings. The number of aromatic nitrogens is 1. The number of hydrogen-bond donors (Lipinski definition) is 2. The van der Waals surface area contributed by atoms with Gasteiger partial charge in [-0.2, -0.15) is 11.8 Å². The predicted molar refractivity (Wildman–Crippen MR) is 86.0 cm³/mol. The lowest BCUT2D eigenvalue weighted by molar-refractivity contribution is -0.144. The molecule has 0 saturated carbocycles. The van der Waals surface area contributed by atoms with Crippen LogP contribution in [0.25, 0.3) is 0 Å². The molecule has 0 unspecified atom stereocenters. The first-order valence-electron chi connectivity index (χ1n) is 7.29. The SMILES string of the molecule is COCCOc1cc(C(=O)NC2(C(=O)O)CCSCC2)ccn1. The third-order valence-electron chi connectivity index (χ3n) is 3.64. The number of aliphatic carboxylic acids is 1. The lowest BCUT2D eigenvalue weighted by atomic mass is 9.92. The minimum Gasteiger partial charge on any atom is -0.480 e. The van der Waals surface area contributed by atoms with Gasteiger partial charge in [-0.15, -0.1) is 0 Å². The number of nitrogens with one attached hydrogen (secondary N) is 1. The van der Waals surface area contributed by atoms with Crippen molar-refractivity contribution in [2.24, 2.45) is 0 Å². The van der Waals surface area contributed by atoms with Crippen molar-refractivity contribution < 1.29 is 24.2 Å². The molecule has 2 N–H and O–H groups in total. The fourth-order valence-electron chi connectivity index (χ4n) is 2.26. The molecule has 2 rings (SSSR count). The number of thioether (sulfide) groups is 1. The van der Waals surface area contributed by atoms with Gasteiger partial charge in [0.25, 0.3) is 5.91 Å². The van der Waals surface area contributed by atoms with E-state index in [0.29, 0.717) is 49.0 Å². The number of amides is 1. The van der Waals surface area contributed by atoms with E-state index in [1.165, 1.54) is 18.3 Å². The van der Waals surface area contributed by atoms with Crippen LogP contribution in [0.4, 0.5) is 0 Å². The number of carboxylic acids is 1. The van der Waals surface area contributed by atoms with Crippen molar-refractivity contribution >= 4 is 23.6 Å². The average Bonchev–Trinajstić information content (AvgIpc) is 2.56. The molecule has 1 aromatic rings. The predicted octanol–water partition coefficient (Wildman–Crippen LogP) is 1.19. The van der Waals surface area contributed by atoms with E-state index in [1.54, 1.807) is 18.9 Å². The number of carboxylic acid groups (broad SMARTS) is 1. The molecule has 0 spiro atoms. The molecule has 7 nitrogen and oxygen atoms in total. The van der Waals surface area contributed by atoms with Crippen LogP contribution in [0.15, 0.2) is 18.3 Å². The van der Waals surface area contributed by atoms with E-state index < -0.39 is 17.4 Å². The maximum absolute atomic E-state index is 12.4. The summed E-state index contributed by atoms with van der Waals surface area (Å²) >= 11 is 1.69. The van der Waals surface area contributed by atoms with E-state index in [-0.39, 0.29) is 0 Å². The van der Waals surface area contributed by atoms with Crippen LogP contribution in [0, 0.1) is 0 Å². The molecule has 0 bridgehead atoms. The average molecular weight is 340 g/mol. The van der Waals surface area contributed by atoms with Gasteiger partial charge in [-0.25, -0.2) is 9.78 Å². The van der Waals surface area contributed by atoms with Crippen LogP contribution in [0.5, 0.6) is 5.88 Å². The number of ether oxygens (including phenoxy) is 2. The molecule has 1 aromatic heterocycles. The highest BCUT2D eigenvalue weighted by atomic mass is 32.2. The van der Waals surface area contributed by atoms with Gasteiger partial charge in [-0.1, -0.05) is 0 Å². The molecule has 1 saturated heterocycles. The van der Waals surface area contributed by atoms with Crippen molar-refractivity contribution in [3.8, 4) is 5.88 Å². The third kappa shape index (κ3) is 4.59. The second-order valence-electron chi connectivity index (χ2n) is 5.18. The van der Waals surface area contributed by atoms with Crippen molar-refractivity contribution in [3.05, 3.63) is 23.9 Å². The molecule has 0 aliphatic carbocycles. The molecule has 1 aliphatic heterocycles. The van der Waals surface area contributed by atoms with E-state index in [1.807, 2.05) is 0 Å². The van der Waals surface area contributed by atoms with E-state index in [0.717, 1.165) is 0 Å². The number of pyridine rings is 1. The lowest BCUT2D eigenvalue weighted by Crippen LogP contribution is -2.56. The number of nitrogens with zero attached hydrogens (tertiary/aromatic N) is 1. The highest BCUT2D eigenvalue weighted by Gasteiger charge is 2.41. The Morgan fingerprint density at radius 1 is 1.39 bits per heavy atom. The molecule has 8 heteroatoms. The summed E-state index contributed by atoms with van der Waals surface area (Å²) in [4.78, 5) is 28.0. The molecule has 0 atom stereocenters. The zero-order valence-electron chi connectivity index (χ0n) is 12.9. The fraction of sp³-hybridized carbons (Fsp3) is 0.533. The summed E-state index contributed by atoms with van der Waals surface area (Å²) in [5.74, 6) is 0.316. The Balaban J connectivity index is 2.07. The quantitative estimate of drug-likeness (QED) is 0.719. The molecule has 1 amide bonds. The highest BCUT2D eigenvalue weighted by molar-refractivity contribution is 7.99. The van der Waals surface area contributed by atoms with Crippen LogP contribution < -0.4 is 10.1 Å². The first-order chi connectivity index (χ1) is 11.1. The summed E-state index contributed by atoms with van der Waals surface area (Å²) < 4.78 is 10.2. The normalized spacial score (nSPS) is 16.6. The zero-order chi connectivity index (χ0) is 16.7. The van der Waals surface area contributed by atoms with Gasteiger partial charge in [0, 0.05) is 24.9 Å². The third-order valence-corrected chi connectivity index (χ3v) is 4.63. The summed E-state index contributed by atoms with van der Waals surface area (Å²) in [5, 5.41) is 12.2. The summed E-state index contributed by atoms with van der Waals surface area (Å²) in [5.41, 5.74) is -0.867. The number of hydrogen-bond acceptors (Lipinski definition) is 6. The summed E-state index contributed by atoms with van der Waals surface area (Å²) in [7, 11) is 1.56. The van der Waals surface area contributed by atoms with Gasteiger partial charge in [0.05, 0.1) is 6.61 Å². The van der Waals surface area contributed by atoms with E-state index in [2.05, 4.69) is 10.3 Å². The smallest absolute Gasteiger partial charge is 0.329 e. The Morgan fingerprint density at radius 2 is 2.13 bits per heavy atom. The first kappa shape index (κ1) is 17.6. The highest BCUT2D eigenvalue weighted by Crippen LogP contribution is 2.28. The lowest BCUT2D eigenvalue weighted by Gasteiger charge is -2.33. The van der Waals surface area contributed by atoms with Crippen LogP contribution >= 0.6 is 11.8 Å². The standard InChI is InChI=1S/C15H20N2O5S/c1-21-6-7-22-12-10-11(2-5-16-12)13(18)17-15(14(19)20)3-8-23-9-4-15/h2,5,10H,3-4,6-9H2,1H3,(H,17,18)(H,19,20). The Bertz CT molecular complexity index is 561. The molecule has 23 heavy (non-hydrogen) atoms.